The number of ketones is 1. The molecular formula is C46H80N2O13. The lowest BCUT2D eigenvalue weighted by molar-refractivity contribution is -0.304. The van der Waals surface area contributed by atoms with Gasteiger partial charge in [0.25, 0.3) is 0 Å². The number of likely N-dealkylation sites (N-methyl/N-ethyl adjacent to an activating group) is 1. The van der Waals surface area contributed by atoms with Gasteiger partial charge in [-0.15, -0.1) is 0 Å². The van der Waals surface area contributed by atoms with Crippen molar-refractivity contribution in [3.05, 3.63) is 23.8 Å². The summed E-state index contributed by atoms with van der Waals surface area (Å²) in [6.45, 7) is 18.2. The van der Waals surface area contributed by atoms with Crippen LogP contribution in [0.15, 0.2) is 23.8 Å². The lowest BCUT2D eigenvalue weighted by Crippen LogP contribution is -2.63. The quantitative estimate of drug-likeness (QED) is 0.209. The van der Waals surface area contributed by atoms with Crippen molar-refractivity contribution in [2.45, 2.75) is 167 Å². The largest absolute Gasteiger partial charge is 0.462 e. The molecule has 0 aliphatic carbocycles. The molecule has 352 valence electrons. The number of hydrogen-bond acceptors (Lipinski definition) is 15. The number of hydrogen-bond donors (Lipinski definition) is 4. The van der Waals surface area contributed by atoms with E-state index >= 15 is 0 Å². The number of methoxy groups -OCH3 is 2. The first kappa shape index (κ1) is 51.8. The van der Waals surface area contributed by atoms with Crippen LogP contribution in [0.2, 0.25) is 0 Å². The Morgan fingerprint density at radius 3 is 2.05 bits per heavy atom. The van der Waals surface area contributed by atoms with E-state index in [9.17, 15) is 30.0 Å². The van der Waals surface area contributed by atoms with E-state index in [1.54, 1.807) is 45.0 Å². The van der Waals surface area contributed by atoms with Crippen molar-refractivity contribution < 1.29 is 63.2 Å². The van der Waals surface area contributed by atoms with E-state index in [0.29, 0.717) is 31.1 Å². The van der Waals surface area contributed by atoms with Crippen LogP contribution in [-0.4, -0.2) is 176 Å². The van der Waals surface area contributed by atoms with E-state index < -0.39 is 103 Å². The van der Waals surface area contributed by atoms with Gasteiger partial charge in [0.05, 0.1) is 49.6 Å². The number of likely N-dealkylation sites (tertiary alicyclic amines) is 1. The molecule has 0 spiro atoms. The topological polar surface area (TPSA) is 186 Å². The van der Waals surface area contributed by atoms with Gasteiger partial charge < -0.3 is 63.4 Å². The Morgan fingerprint density at radius 2 is 1.44 bits per heavy atom. The molecule has 0 aromatic rings. The highest BCUT2D eigenvalue weighted by molar-refractivity contribution is 5.91. The summed E-state index contributed by atoms with van der Waals surface area (Å²) in [6, 6.07) is -0.684. The van der Waals surface area contributed by atoms with Gasteiger partial charge >= 0.3 is 5.97 Å². The van der Waals surface area contributed by atoms with Crippen molar-refractivity contribution in [2.24, 2.45) is 35.5 Å². The molecule has 3 saturated heterocycles. The van der Waals surface area contributed by atoms with Gasteiger partial charge in [0.2, 0.25) is 0 Å². The number of rotatable bonds is 12. The number of nitrogens with zero attached hydrogens (tertiary/aromatic N) is 2. The van der Waals surface area contributed by atoms with Crippen LogP contribution < -0.4 is 0 Å². The van der Waals surface area contributed by atoms with Crippen molar-refractivity contribution in [1.82, 2.24) is 9.80 Å². The third-order valence-electron chi connectivity index (χ3n) is 13.5. The summed E-state index contributed by atoms with van der Waals surface area (Å²) < 4.78 is 42.6. The second-order valence-corrected chi connectivity index (χ2v) is 18.9. The van der Waals surface area contributed by atoms with Crippen LogP contribution >= 0.6 is 0 Å². The summed E-state index contributed by atoms with van der Waals surface area (Å²) in [5.74, 6) is -1.46. The number of piperidine rings is 1. The molecule has 15 heteroatoms. The van der Waals surface area contributed by atoms with Crippen LogP contribution in [0.4, 0.5) is 0 Å². The fourth-order valence-corrected chi connectivity index (χ4v) is 10.0. The summed E-state index contributed by atoms with van der Waals surface area (Å²) in [7, 11) is 6.54. The fourth-order valence-electron chi connectivity index (χ4n) is 10.0. The summed E-state index contributed by atoms with van der Waals surface area (Å²) in [6.07, 6.45) is -2.96. The highest BCUT2D eigenvalue weighted by Crippen LogP contribution is 2.36. The van der Waals surface area contributed by atoms with Gasteiger partial charge in [-0.05, 0) is 90.9 Å². The zero-order chi connectivity index (χ0) is 45.3. The van der Waals surface area contributed by atoms with Crippen LogP contribution in [-0.2, 0) is 42.7 Å². The standard InChI is InChI=1S/C46H80N2O13/c1-13-36-33(24-57-46-44(56-12)43(55-11)40(53)31(8)59-46)19-25(2)14-15-34(49)28(5)20-32(16-17-48-22-26(3)18-27(4)23-48)42(29(6)35(50)21-37(51)60-36)61-45-41(54)38(47(9)10)39(52)30(7)58-45/h14-15,19,26-33,35-36,38-46,50,52-54H,13,16-18,20-24H2,1-12H3/b15-14+,25-19-/t26-,27+,28-,29-,30+,31+,32+,33+,35-,36-,38-,39-,40-,41-,42-,43-,44-,45-,46+/m0/s1. The molecule has 3 fully saturated rings. The van der Waals surface area contributed by atoms with Crippen molar-refractivity contribution >= 4 is 11.8 Å². The minimum absolute atomic E-state index is 0.0427. The first-order valence-electron chi connectivity index (χ1n) is 22.6. The Kier molecular flexibility index (Phi) is 20.3. The van der Waals surface area contributed by atoms with Gasteiger partial charge in [0.1, 0.15) is 30.5 Å². The zero-order valence-corrected chi connectivity index (χ0v) is 38.9. The number of allylic oxidation sites excluding steroid dienone is 3. The molecule has 4 N–H and O–H groups in total. The highest BCUT2D eigenvalue weighted by Gasteiger charge is 2.48. The number of carbonyl (C=O) groups excluding carboxylic acids is 2. The van der Waals surface area contributed by atoms with E-state index in [1.807, 2.05) is 33.8 Å². The number of aliphatic hydroxyl groups is 4. The van der Waals surface area contributed by atoms with Crippen molar-refractivity contribution in [1.29, 1.82) is 0 Å². The fraction of sp³-hybridized carbons (Fsp3) is 0.870. The molecule has 0 amide bonds. The van der Waals surface area contributed by atoms with Crippen LogP contribution in [0, 0.1) is 35.5 Å². The Bertz CT molecular complexity index is 1420. The molecule has 0 aromatic heterocycles. The first-order chi connectivity index (χ1) is 28.8. The van der Waals surface area contributed by atoms with E-state index in [1.165, 1.54) is 20.6 Å². The van der Waals surface area contributed by atoms with Crippen molar-refractivity contribution in [3.8, 4) is 0 Å². The third-order valence-corrected chi connectivity index (χ3v) is 13.5. The maximum absolute atomic E-state index is 14.0. The molecular weight excluding hydrogens is 789 g/mol. The molecule has 4 aliphatic rings. The van der Waals surface area contributed by atoms with Crippen LogP contribution in [0.5, 0.6) is 0 Å². The van der Waals surface area contributed by atoms with Crippen LogP contribution in [0.1, 0.15) is 87.5 Å². The monoisotopic (exact) mass is 869 g/mol. The number of aliphatic hydroxyl groups excluding tert-OH is 4. The molecule has 15 nitrogen and oxygen atoms in total. The number of esters is 1. The van der Waals surface area contributed by atoms with Crippen LogP contribution in [0.25, 0.3) is 0 Å². The van der Waals surface area contributed by atoms with Gasteiger partial charge in [0, 0.05) is 45.1 Å². The predicted octanol–water partition coefficient (Wildman–Crippen LogP) is 3.34. The van der Waals surface area contributed by atoms with Crippen molar-refractivity contribution in [2.75, 3.05) is 54.6 Å². The molecule has 0 bridgehead atoms. The molecule has 4 rings (SSSR count). The maximum Gasteiger partial charge on any atom is 0.308 e. The maximum atomic E-state index is 14.0. The van der Waals surface area contributed by atoms with E-state index in [2.05, 4.69) is 18.7 Å². The normalized spacial score (nSPS) is 44.3. The smallest absolute Gasteiger partial charge is 0.308 e. The van der Waals surface area contributed by atoms with Gasteiger partial charge in [-0.2, -0.15) is 0 Å². The Balaban J connectivity index is 1.68. The summed E-state index contributed by atoms with van der Waals surface area (Å²) in [5, 5.41) is 45.3. The van der Waals surface area contributed by atoms with Crippen molar-refractivity contribution in [3.63, 3.8) is 0 Å². The average Bonchev–Trinajstić information content (AvgIpc) is 3.19. The average molecular weight is 869 g/mol. The van der Waals surface area contributed by atoms with Crippen LogP contribution in [0.3, 0.4) is 0 Å². The molecule has 0 unspecified atom stereocenters. The summed E-state index contributed by atoms with van der Waals surface area (Å²) in [4.78, 5) is 32.1. The van der Waals surface area contributed by atoms with Gasteiger partial charge in [0.15, 0.2) is 18.4 Å². The first-order valence-corrected chi connectivity index (χ1v) is 22.6. The lowest BCUT2D eigenvalue weighted by Gasteiger charge is -2.47. The molecule has 4 aliphatic heterocycles. The molecule has 0 aromatic carbocycles. The minimum atomic E-state index is -1.23. The summed E-state index contributed by atoms with van der Waals surface area (Å²) in [5.41, 5.74) is 0.761. The molecule has 19 atom stereocenters. The predicted molar refractivity (Wildman–Crippen MR) is 229 cm³/mol. The summed E-state index contributed by atoms with van der Waals surface area (Å²) >= 11 is 0. The van der Waals surface area contributed by atoms with Gasteiger partial charge in [-0.25, -0.2) is 0 Å². The zero-order valence-electron chi connectivity index (χ0n) is 38.9. The second kappa shape index (κ2) is 23.9. The Morgan fingerprint density at radius 1 is 0.820 bits per heavy atom. The molecule has 4 heterocycles. The Labute approximate surface area is 365 Å². The molecule has 61 heavy (non-hydrogen) atoms. The van der Waals surface area contributed by atoms with Gasteiger partial charge in [-0.1, -0.05) is 52.3 Å². The third kappa shape index (κ3) is 13.8. The van der Waals surface area contributed by atoms with Gasteiger partial charge in [-0.3, -0.25) is 9.59 Å². The molecule has 0 saturated carbocycles. The number of cyclic esters (lactones) is 1. The number of carbonyl (C=O) groups is 2. The van der Waals surface area contributed by atoms with E-state index in [4.69, 9.17) is 33.2 Å². The van der Waals surface area contributed by atoms with E-state index in [-0.39, 0.29) is 24.7 Å². The second-order valence-electron chi connectivity index (χ2n) is 18.9. The lowest BCUT2D eigenvalue weighted by atomic mass is 9.79. The minimum Gasteiger partial charge on any atom is -0.462 e. The SMILES string of the molecule is CC[C@@H]1OC(=O)C[C@H](O)[C@H](C)[C@H](O[C@@H]2O[C@H](C)[C@H](O)[C@H](N(C)C)[C@@H]2O)[C@H](CCN2C[C@H](C)C[C@H](C)C2)C[C@H](C)C(=O)/C=C/C(C)=C\[C@@H]1CO[C@@H]1O[C@H](C)[C@H](O)[C@H](OC)[C@@H]1OC. The Hall–Kier alpha value is -1.86. The number of ether oxygens (including phenoxy) is 7. The van der Waals surface area contributed by atoms with E-state index in [0.717, 1.165) is 25.2 Å². The molecule has 0 radical (unpaired) electrons. The highest BCUT2D eigenvalue weighted by atomic mass is 16.7.